The molecule has 2 N–H and O–H groups in total. The van der Waals surface area contributed by atoms with E-state index in [1.54, 1.807) is 7.11 Å². The molecule has 2 rings (SSSR count). The second kappa shape index (κ2) is 5.07. The van der Waals surface area contributed by atoms with Gasteiger partial charge in [0.15, 0.2) is 0 Å². The first-order chi connectivity index (χ1) is 8.23. The Morgan fingerprint density at radius 1 is 1.41 bits per heavy atom. The van der Waals surface area contributed by atoms with Crippen LogP contribution in [-0.2, 0) is 17.6 Å². The normalized spacial score (nSPS) is 17.6. The summed E-state index contributed by atoms with van der Waals surface area (Å²) in [7, 11) is 1.72. The van der Waals surface area contributed by atoms with Gasteiger partial charge in [-0.25, -0.2) is 0 Å². The highest BCUT2D eigenvalue weighted by molar-refractivity contribution is 5.37. The molecule has 1 aliphatic rings. The Hall–Kier alpha value is -1.06. The predicted molar refractivity (Wildman–Crippen MR) is 68.4 cm³/mol. The summed E-state index contributed by atoms with van der Waals surface area (Å²) in [5.74, 6) is 0.975. The molecule has 0 radical (unpaired) electrons. The van der Waals surface area contributed by atoms with Crippen LogP contribution in [0.1, 0.15) is 18.1 Å². The van der Waals surface area contributed by atoms with Crippen molar-refractivity contribution in [2.45, 2.75) is 19.8 Å². The fourth-order valence-corrected chi connectivity index (χ4v) is 2.33. The first-order valence-corrected chi connectivity index (χ1v) is 6.16. The van der Waals surface area contributed by atoms with Gasteiger partial charge in [-0.3, -0.25) is 0 Å². The summed E-state index contributed by atoms with van der Waals surface area (Å²) in [4.78, 5) is 0. The SMILES string of the molecule is CCc1cc(CC2(CN)COC2)ccc1OC. The van der Waals surface area contributed by atoms with Crippen LogP contribution in [0.3, 0.4) is 0 Å². The van der Waals surface area contributed by atoms with Crippen molar-refractivity contribution in [3.63, 3.8) is 0 Å². The van der Waals surface area contributed by atoms with Crippen molar-refractivity contribution in [2.75, 3.05) is 26.9 Å². The van der Waals surface area contributed by atoms with Crippen LogP contribution in [0.25, 0.3) is 0 Å². The number of benzene rings is 1. The highest BCUT2D eigenvalue weighted by atomic mass is 16.5. The lowest BCUT2D eigenvalue weighted by molar-refractivity contribution is -0.106. The van der Waals surface area contributed by atoms with Crippen LogP contribution in [0.2, 0.25) is 0 Å². The molecule has 1 aromatic rings. The van der Waals surface area contributed by atoms with E-state index in [1.807, 2.05) is 0 Å². The summed E-state index contributed by atoms with van der Waals surface area (Å²) in [6, 6.07) is 6.42. The highest BCUT2D eigenvalue weighted by Crippen LogP contribution is 2.32. The Bertz CT molecular complexity index is 380. The maximum atomic E-state index is 5.84. The van der Waals surface area contributed by atoms with Gasteiger partial charge in [-0.2, -0.15) is 0 Å². The van der Waals surface area contributed by atoms with Crippen molar-refractivity contribution in [1.82, 2.24) is 0 Å². The Morgan fingerprint density at radius 2 is 2.18 bits per heavy atom. The summed E-state index contributed by atoms with van der Waals surface area (Å²) in [5.41, 5.74) is 8.60. The summed E-state index contributed by atoms with van der Waals surface area (Å²) in [5, 5.41) is 0. The van der Waals surface area contributed by atoms with Crippen LogP contribution in [0, 0.1) is 5.41 Å². The maximum absolute atomic E-state index is 5.84. The molecule has 1 aromatic carbocycles. The van der Waals surface area contributed by atoms with E-state index in [1.165, 1.54) is 11.1 Å². The molecule has 1 heterocycles. The molecule has 0 unspecified atom stereocenters. The number of ether oxygens (including phenoxy) is 2. The topological polar surface area (TPSA) is 44.5 Å². The van der Waals surface area contributed by atoms with Gasteiger partial charge in [0.1, 0.15) is 5.75 Å². The number of rotatable bonds is 5. The van der Waals surface area contributed by atoms with Crippen molar-refractivity contribution in [2.24, 2.45) is 11.1 Å². The van der Waals surface area contributed by atoms with Crippen molar-refractivity contribution in [1.29, 1.82) is 0 Å². The minimum absolute atomic E-state index is 0.166. The molecule has 0 spiro atoms. The quantitative estimate of drug-likeness (QED) is 0.846. The number of hydrogen-bond donors (Lipinski definition) is 1. The Balaban J connectivity index is 2.16. The Kier molecular flexibility index (Phi) is 3.69. The number of hydrogen-bond acceptors (Lipinski definition) is 3. The van der Waals surface area contributed by atoms with E-state index < -0.39 is 0 Å². The van der Waals surface area contributed by atoms with Crippen molar-refractivity contribution in [3.8, 4) is 5.75 Å². The molecule has 0 aliphatic carbocycles. The van der Waals surface area contributed by atoms with Crippen molar-refractivity contribution >= 4 is 0 Å². The van der Waals surface area contributed by atoms with E-state index in [4.69, 9.17) is 15.2 Å². The van der Waals surface area contributed by atoms with Crippen molar-refractivity contribution in [3.05, 3.63) is 29.3 Å². The van der Waals surface area contributed by atoms with Crippen LogP contribution < -0.4 is 10.5 Å². The van der Waals surface area contributed by atoms with Crippen LogP contribution in [0.4, 0.5) is 0 Å². The molecular weight excluding hydrogens is 214 g/mol. The van der Waals surface area contributed by atoms with Crippen LogP contribution in [0.15, 0.2) is 18.2 Å². The smallest absolute Gasteiger partial charge is 0.122 e. The van der Waals surface area contributed by atoms with Crippen LogP contribution in [-0.4, -0.2) is 26.9 Å². The summed E-state index contributed by atoms with van der Waals surface area (Å²) < 4.78 is 10.6. The predicted octanol–water partition coefficient (Wildman–Crippen LogP) is 1.78. The number of aryl methyl sites for hydroxylation is 1. The van der Waals surface area contributed by atoms with E-state index in [-0.39, 0.29) is 5.41 Å². The fourth-order valence-electron chi connectivity index (χ4n) is 2.33. The zero-order chi connectivity index (χ0) is 12.3. The van der Waals surface area contributed by atoms with Gasteiger partial charge in [0.2, 0.25) is 0 Å². The molecule has 0 bridgehead atoms. The maximum Gasteiger partial charge on any atom is 0.122 e. The van der Waals surface area contributed by atoms with Gasteiger partial charge in [0, 0.05) is 12.0 Å². The second-order valence-corrected chi connectivity index (χ2v) is 4.87. The zero-order valence-corrected chi connectivity index (χ0v) is 10.7. The summed E-state index contributed by atoms with van der Waals surface area (Å²) in [6.45, 7) is 4.42. The van der Waals surface area contributed by atoms with E-state index in [0.717, 1.165) is 31.8 Å². The van der Waals surface area contributed by atoms with Gasteiger partial charge in [-0.1, -0.05) is 19.1 Å². The zero-order valence-electron chi connectivity index (χ0n) is 10.7. The van der Waals surface area contributed by atoms with E-state index in [9.17, 15) is 0 Å². The molecule has 1 fully saturated rings. The third-order valence-electron chi connectivity index (χ3n) is 3.55. The molecule has 0 aromatic heterocycles. The average Bonchev–Trinajstić information content (AvgIpc) is 2.33. The molecule has 0 amide bonds. The van der Waals surface area contributed by atoms with Gasteiger partial charge in [0.05, 0.1) is 20.3 Å². The molecule has 0 saturated carbocycles. The third kappa shape index (κ3) is 2.45. The molecular formula is C14H21NO2. The minimum atomic E-state index is 0.166. The number of methoxy groups -OCH3 is 1. The first-order valence-electron chi connectivity index (χ1n) is 6.16. The average molecular weight is 235 g/mol. The van der Waals surface area contributed by atoms with Gasteiger partial charge in [-0.05, 0) is 30.0 Å². The molecule has 0 atom stereocenters. The first kappa shape index (κ1) is 12.4. The van der Waals surface area contributed by atoms with E-state index in [0.29, 0.717) is 6.54 Å². The van der Waals surface area contributed by atoms with Gasteiger partial charge >= 0.3 is 0 Å². The minimum Gasteiger partial charge on any atom is -0.496 e. The number of nitrogens with two attached hydrogens (primary N) is 1. The second-order valence-electron chi connectivity index (χ2n) is 4.87. The molecule has 1 aliphatic heterocycles. The van der Waals surface area contributed by atoms with E-state index >= 15 is 0 Å². The lowest BCUT2D eigenvalue weighted by Crippen LogP contribution is -2.49. The van der Waals surface area contributed by atoms with Crippen LogP contribution >= 0.6 is 0 Å². The lowest BCUT2D eigenvalue weighted by Gasteiger charge is -2.40. The summed E-state index contributed by atoms with van der Waals surface area (Å²) in [6.07, 6.45) is 1.99. The standard InChI is InChI=1S/C14H21NO2/c1-3-12-6-11(4-5-13(12)16-2)7-14(8-15)9-17-10-14/h4-6H,3,7-10,15H2,1-2H3. The fraction of sp³-hybridized carbons (Fsp3) is 0.571. The Morgan fingerprint density at radius 3 is 2.65 bits per heavy atom. The highest BCUT2D eigenvalue weighted by Gasteiger charge is 2.37. The molecule has 17 heavy (non-hydrogen) atoms. The lowest BCUT2D eigenvalue weighted by atomic mass is 9.79. The van der Waals surface area contributed by atoms with Crippen LogP contribution in [0.5, 0.6) is 5.75 Å². The molecule has 3 nitrogen and oxygen atoms in total. The molecule has 94 valence electrons. The van der Waals surface area contributed by atoms with Gasteiger partial charge < -0.3 is 15.2 Å². The molecule has 3 heteroatoms. The third-order valence-corrected chi connectivity index (χ3v) is 3.55. The summed E-state index contributed by atoms with van der Waals surface area (Å²) >= 11 is 0. The molecule has 1 saturated heterocycles. The Labute approximate surface area is 103 Å². The van der Waals surface area contributed by atoms with Gasteiger partial charge in [0.25, 0.3) is 0 Å². The van der Waals surface area contributed by atoms with Gasteiger partial charge in [-0.15, -0.1) is 0 Å². The van der Waals surface area contributed by atoms with Crippen molar-refractivity contribution < 1.29 is 9.47 Å². The monoisotopic (exact) mass is 235 g/mol. The largest absolute Gasteiger partial charge is 0.496 e. The van der Waals surface area contributed by atoms with E-state index in [2.05, 4.69) is 25.1 Å².